The molecule has 0 radical (unpaired) electrons. The molecule has 1 aliphatic rings. The van der Waals surface area contributed by atoms with Crippen LogP contribution in [-0.2, 0) is 25.6 Å². The zero-order valence-corrected chi connectivity index (χ0v) is 15.3. The Balaban J connectivity index is 2.25. The number of methoxy groups -OCH3 is 1. The van der Waals surface area contributed by atoms with Crippen molar-refractivity contribution in [3.05, 3.63) is 34.9 Å². The molecule has 140 valence electrons. The lowest BCUT2D eigenvalue weighted by Gasteiger charge is -2.42. The van der Waals surface area contributed by atoms with Crippen LogP contribution in [0, 0.1) is 19.3 Å². The van der Waals surface area contributed by atoms with Gasteiger partial charge in [-0.3, -0.25) is 10.0 Å². The largest absolute Gasteiger partial charge is 0.467 e. The number of piperidine rings is 1. The lowest BCUT2D eigenvalue weighted by Crippen LogP contribution is -2.61. The summed E-state index contributed by atoms with van der Waals surface area (Å²) < 4.78 is 4.86. The first-order valence-corrected chi connectivity index (χ1v) is 8.33. The molecule has 0 bridgehead atoms. The van der Waals surface area contributed by atoms with Crippen LogP contribution in [-0.4, -0.2) is 60.1 Å². The highest BCUT2D eigenvalue weighted by atomic mass is 16.7. The van der Waals surface area contributed by atoms with E-state index in [0.717, 1.165) is 5.56 Å². The summed E-state index contributed by atoms with van der Waals surface area (Å²) >= 11 is 0. The van der Waals surface area contributed by atoms with Crippen LogP contribution in [0.2, 0.25) is 0 Å². The molecule has 1 fully saturated rings. The number of carbonyl (C=O) groups excluding carboxylic acids is 2. The summed E-state index contributed by atoms with van der Waals surface area (Å²) in [7, 11) is 2.77. The number of amides is 1. The summed E-state index contributed by atoms with van der Waals surface area (Å²) in [5.41, 5.74) is 0.734. The number of hydroxylamine groups is 4. The highest BCUT2D eigenvalue weighted by Gasteiger charge is 2.49. The molecule has 1 amide bonds. The zero-order chi connectivity index (χ0) is 19.3. The molecule has 1 saturated heterocycles. The topological polar surface area (TPSA) is 79.3 Å². The Morgan fingerprint density at radius 2 is 2.00 bits per heavy atom. The van der Waals surface area contributed by atoms with Gasteiger partial charge in [-0.15, -0.1) is 6.42 Å². The van der Waals surface area contributed by atoms with Gasteiger partial charge in [0.05, 0.1) is 20.6 Å². The van der Waals surface area contributed by atoms with Gasteiger partial charge in [-0.2, -0.15) is 5.06 Å². The van der Waals surface area contributed by atoms with E-state index >= 15 is 0 Å². The van der Waals surface area contributed by atoms with Gasteiger partial charge in [0.15, 0.2) is 5.54 Å². The van der Waals surface area contributed by atoms with E-state index in [2.05, 4.69) is 5.92 Å². The number of nitrogens with zero attached hydrogens (tertiary/aromatic N) is 2. The molecule has 1 heterocycles. The van der Waals surface area contributed by atoms with Gasteiger partial charge in [0.25, 0.3) is 5.91 Å². The molecule has 0 aromatic heterocycles. The molecule has 0 aliphatic carbocycles. The second-order valence-corrected chi connectivity index (χ2v) is 6.32. The highest BCUT2D eigenvalue weighted by Crippen LogP contribution is 2.30. The van der Waals surface area contributed by atoms with E-state index in [1.165, 1.54) is 14.2 Å². The van der Waals surface area contributed by atoms with Crippen LogP contribution in [0.4, 0.5) is 0 Å². The summed E-state index contributed by atoms with van der Waals surface area (Å²) in [6, 6.07) is 5.42. The Morgan fingerprint density at radius 3 is 2.54 bits per heavy atom. The minimum absolute atomic E-state index is 0.107. The molecule has 0 unspecified atom stereocenters. The number of hydrogen-bond acceptors (Lipinski definition) is 6. The van der Waals surface area contributed by atoms with Crippen molar-refractivity contribution in [2.24, 2.45) is 0 Å². The molecular weight excluding hydrogens is 336 g/mol. The van der Waals surface area contributed by atoms with Crippen molar-refractivity contribution >= 4 is 11.9 Å². The maximum atomic E-state index is 12.7. The number of esters is 1. The van der Waals surface area contributed by atoms with Crippen LogP contribution in [0.1, 0.15) is 29.5 Å². The molecule has 1 aromatic rings. The van der Waals surface area contributed by atoms with Gasteiger partial charge in [-0.05, 0) is 31.4 Å². The predicted octanol–water partition coefficient (Wildman–Crippen LogP) is 1.31. The number of ether oxygens (including phenoxy) is 1. The Kier molecular flexibility index (Phi) is 6.37. The second kappa shape index (κ2) is 8.32. The van der Waals surface area contributed by atoms with E-state index in [0.29, 0.717) is 29.3 Å². The summed E-state index contributed by atoms with van der Waals surface area (Å²) in [6.07, 6.45) is 5.78. The van der Waals surface area contributed by atoms with Gasteiger partial charge in [0, 0.05) is 18.7 Å². The first kappa shape index (κ1) is 19.9. The van der Waals surface area contributed by atoms with Gasteiger partial charge in [-0.25, -0.2) is 9.86 Å². The second-order valence-electron chi connectivity index (χ2n) is 6.32. The number of terminal acetylenes is 1. The smallest absolute Gasteiger partial charge is 0.334 e. The molecule has 26 heavy (non-hydrogen) atoms. The van der Waals surface area contributed by atoms with Crippen molar-refractivity contribution in [3.8, 4) is 12.3 Å². The molecule has 0 spiro atoms. The van der Waals surface area contributed by atoms with Crippen LogP contribution in [0.15, 0.2) is 18.2 Å². The van der Waals surface area contributed by atoms with Gasteiger partial charge in [-0.1, -0.05) is 23.6 Å². The molecule has 1 N–H and O–H groups in total. The maximum Gasteiger partial charge on any atom is 0.334 e. The monoisotopic (exact) mass is 360 g/mol. The molecular formula is C19H24N2O5. The van der Waals surface area contributed by atoms with Gasteiger partial charge in [0.2, 0.25) is 0 Å². The zero-order valence-electron chi connectivity index (χ0n) is 15.3. The van der Waals surface area contributed by atoms with Crippen molar-refractivity contribution in [2.75, 3.05) is 27.3 Å². The van der Waals surface area contributed by atoms with Crippen molar-refractivity contribution in [1.29, 1.82) is 0 Å². The number of benzene rings is 1. The Labute approximate surface area is 153 Å². The predicted molar refractivity (Wildman–Crippen MR) is 94.0 cm³/mol. The third-order valence-corrected chi connectivity index (χ3v) is 4.77. The SMILES string of the molecule is C#Cc1ccc(C)cc1CC(=O)N(O)C1(C(=O)OC)CCN(OC)CC1. The standard InChI is InChI=1S/C19H24N2O5/c1-5-15-7-6-14(2)12-16(15)13-17(22)21(24)19(18(23)25-3)8-10-20(26-4)11-9-19/h1,6-7,12,24H,8-11,13H2,2-4H3. The van der Waals surface area contributed by atoms with Gasteiger partial charge < -0.3 is 9.57 Å². The summed E-state index contributed by atoms with van der Waals surface area (Å²) in [5.74, 6) is 1.28. The molecule has 7 nitrogen and oxygen atoms in total. The van der Waals surface area contributed by atoms with Crippen molar-refractivity contribution < 1.29 is 24.4 Å². The Morgan fingerprint density at radius 1 is 1.35 bits per heavy atom. The number of hydrogen-bond donors (Lipinski definition) is 1. The normalized spacial score (nSPS) is 16.6. The summed E-state index contributed by atoms with van der Waals surface area (Å²) in [5, 5.41) is 12.8. The number of carbonyl (C=O) groups is 2. The van der Waals surface area contributed by atoms with E-state index in [4.69, 9.17) is 16.0 Å². The number of aryl methyl sites for hydroxylation is 1. The van der Waals surface area contributed by atoms with Crippen molar-refractivity contribution in [3.63, 3.8) is 0 Å². The van der Waals surface area contributed by atoms with E-state index in [-0.39, 0.29) is 19.3 Å². The molecule has 7 heteroatoms. The fourth-order valence-corrected chi connectivity index (χ4v) is 3.22. The molecule has 0 atom stereocenters. The Bertz CT molecular complexity index is 717. The quantitative estimate of drug-likeness (QED) is 0.369. The van der Waals surface area contributed by atoms with Crippen LogP contribution in [0.5, 0.6) is 0 Å². The fourth-order valence-electron chi connectivity index (χ4n) is 3.22. The Hall–Kier alpha value is -2.40. The van der Waals surface area contributed by atoms with Crippen LogP contribution in [0.25, 0.3) is 0 Å². The maximum absolute atomic E-state index is 12.7. The van der Waals surface area contributed by atoms with E-state index in [1.54, 1.807) is 17.2 Å². The minimum atomic E-state index is -1.43. The lowest BCUT2D eigenvalue weighted by molar-refractivity contribution is -0.228. The summed E-state index contributed by atoms with van der Waals surface area (Å²) in [6.45, 7) is 2.66. The van der Waals surface area contributed by atoms with E-state index in [9.17, 15) is 14.8 Å². The summed E-state index contributed by atoms with van der Waals surface area (Å²) in [4.78, 5) is 30.3. The van der Waals surface area contributed by atoms with Gasteiger partial charge >= 0.3 is 5.97 Å². The third kappa shape index (κ3) is 3.88. The molecule has 2 rings (SSSR count). The average Bonchev–Trinajstić information content (AvgIpc) is 2.66. The lowest BCUT2D eigenvalue weighted by atomic mass is 9.87. The van der Waals surface area contributed by atoms with E-state index < -0.39 is 17.4 Å². The average molecular weight is 360 g/mol. The highest BCUT2D eigenvalue weighted by molar-refractivity contribution is 5.88. The molecule has 1 aromatic carbocycles. The van der Waals surface area contributed by atoms with Crippen molar-refractivity contribution in [1.82, 2.24) is 10.1 Å². The minimum Gasteiger partial charge on any atom is -0.467 e. The van der Waals surface area contributed by atoms with Crippen molar-refractivity contribution in [2.45, 2.75) is 31.7 Å². The third-order valence-electron chi connectivity index (χ3n) is 4.77. The number of rotatable bonds is 5. The molecule has 1 aliphatic heterocycles. The van der Waals surface area contributed by atoms with E-state index in [1.807, 2.05) is 13.0 Å². The molecule has 0 saturated carbocycles. The first-order chi connectivity index (χ1) is 12.4. The fraction of sp³-hybridized carbons (Fsp3) is 0.474. The van der Waals surface area contributed by atoms with Crippen LogP contribution >= 0.6 is 0 Å². The first-order valence-electron chi connectivity index (χ1n) is 8.33. The van der Waals surface area contributed by atoms with Crippen LogP contribution in [0.3, 0.4) is 0 Å². The van der Waals surface area contributed by atoms with Crippen LogP contribution < -0.4 is 0 Å². The van der Waals surface area contributed by atoms with Gasteiger partial charge in [0.1, 0.15) is 0 Å².